The van der Waals surface area contributed by atoms with Crippen LogP contribution in [0.4, 0.5) is 17.3 Å². The van der Waals surface area contributed by atoms with Gasteiger partial charge in [0.1, 0.15) is 39.5 Å². The number of carbonyl (C=O) groups is 1. The Labute approximate surface area is 219 Å². The van der Waals surface area contributed by atoms with Crippen LogP contribution >= 0.6 is 23.2 Å². The predicted molar refractivity (Wildman–Crippen MR) is 142 cm³/mol. The fraction of sp³-hybridized carbons (Fsp3) is 0.280. The van der Waals surface area contributed by atoms with Crippen molar-refractivity contribution in [2.24, 2.45) is 0 Å². The summed E-state index contributed by atoms with van der Waals surface area (Å²) in [5.74, 6) is 1.74. The van der Waals surface area contributed by atoms with Crippen LogP contribution in [-0.4, -0.2) is 47.2 Å². The van der Waals surface area contributed by atoms with Crippen LogP contribution in [0.15, 0.2) is 49.4 Å². The predicted octanol–water partition coefficient (Wildman–Crippen LogP) is 5.24. The number of ether oxygens (including phenoxy) is 2. The van der Waals surface area contributed by atoms with E-state index in [2.05, 4.69) is 37.5 Å². The standard InChI is InChI=1S/C25H26Cl2N6O3/c1-4-21(34)32-16-9-5-8-15(16)31-20-11-17(29-13-30-20)14-7-6-10-28-25(14)33-24-22(26)18(35-2)12-19(36-3)23(24)27/h4,6-7,10-13,15-16H,1,5,8-9H2,2-3H3,(H,28,33)(H,32,34)(H,29,30,31)/t15?,16-/m0/s1. The number of anilines is 3. The third-order valence-corrected chi connectivity index (χ3v) is 6.68. The summed E-state index contributed by atoms with van der Waals surface area (Å²) in [5, 5.41) is 10.2. The van der Waals surface area contributed by atoms with E-state index in [1.807, 2.05) is 18.2 Å². The SMILES string of the molecule is C=CC(=O)N[C@H]1CCCC1Nc1cc(-c2cccnc2Nc2c(Cl)c(OC)cc(OC)c2Cl)ncn1. The Bertz CT molecular complexity index is 1240. The van der Waals surface area contributed by atoms with Gasteiger partial charge in [0.25, 0.3) is 0 Å². The molecule has 4 rings (SSSR count). The molecule has 2 aromatic heterocycles. The number of nitrogens with one attached hydrogen (secondary N) is 3. The number of carbonyl (C=O) groups excluding carboxylic acids is 1. The molecule has 0 bridgehead atoms. The maximum Gasteiger partial charge on any atom is 0.243 e. The minimum Gasteiger partial charge on any atom is -0.495 e. The van der Waals surface area contributed by atoms with Gasteiger partial charge in [0.2, 0.25) is 5.91 Å². The summed E-state index contributed by atoms with van der Waals surface area (Å²) in [6.07, 6.45) is 7.21. The Morgan fingerprint density at radius 3 is 2.50 bits per heavy atom. The van der Waals surface area contributed by atoms with Gasteiger partial charge in [-0.3, -0.25) is 4.79 Å². The molecular weight excluding hydrogens is 503 g/mol. The molecule has 1 aliphatic rings. The zero-order valence-corrected chi connectivity index (χ0v) is 21.4. The van der Waals surface area contributed by atoms with Crippen molar-refractivity contribution in [1.82, 2.24) is 20.3 Å². The number of amides is 1. The van der Waals surface area contributed by atoms with E-state index in [1.54, 1.807) is 12.3 Å². The molecule has 3 N–H and O–H groups in total. The van der Waals surface area contributed by atoms with Gasteiger partial charge in [-0.25, -0.2) is 15.0 Å². The van der Waals surface area contributed by atoms with E-state index in [9.17, 15) is 4.79 Å². The Morgan fingerprint density at radius 1 is 1.08 bits per heavy atom. The summed E-state index contributed by atoms with van der Waals surface area (Å²) >= 11 is 13.1. The van der Waals surface area contributed by atoms with Gasteiger partial charge in [0.05, 0.1) is 25.6 Å². The number of halogens is 2. The molecule has 0 radical (unpaired) electrons. The van der Waals surface area contributed by atoms with Crippen LogP contribution in [0.2, 0.25) is 10.0 Å². The van der Waals surface area contributed by atoms with Crippen molar-refractivity contribution in [1.29, 1.82) is 0 Å². The van der Waals surface area contributed by atoms with Gasteiger partial charge in [-0.1, -0.05) is 29.8 Å². The molecule has 0 saturated heterocycles. The van der Waals surface area contributed by atoms with Gasteiger partial charge >= 0.3 is 0 Å². The maximum absolute atomic E-state index is 11.8. The first-order chi connectivity index (χ1) is 17.4. The highest BCUT2D eigenvalue weighted by atomic mass is 35.5. The van der Waals surface area contributed by atoms with E-state index in [0.717, 1.165) is 19.3 Å². The normalized spacial score (nSPS) is 16.8. The average Bonchev–Trinajstić information content (AvgIpc) is 3.33. The van der Waals surface area contributed by atoms with Gasteiger partial charge in [0, 0.05) is 36.0 Å². The summed E-state index contributed by atoms with van der Waals surface area (Å²) in [7, 11) is 3.02. The lowest BCUT2D eigenvalue weighted by atomic mass is 10.1. The van der Waals surface area contributed by atoms with Crippen molar-refractivity contribution < 1.29 is 14.3 Å². The Hall–Kier alpha value is -3.56. The van der Waals surface area contributed by atoms with E-state index < -0.39 is 0 Å². The molecule has 1 amide bonds. The number of benzene rings is 1. The third kappa shape index (κ3) is 5.47. The number of methoxy groups -OCH3 is 2. The monoisotopic (exact) mass is 528 g/mol. The van der Waals surface area contributed by atoms with E-state index in [4.69, 9.17) is 32.7 Å². The zero-order chi connectivity index (χ0) is 25.7. The first-order valence-corrected chi connectivity index (χ1v) is 12.0. The van der Waals surface area contributed by atoms with Crippen LogP contribution in [0.25, 0.3) is 11.3 Å². The zero-order valence-electron chi connectivity index (χ0n) is 19.8. The summed E-state index contributed by atoms with van der Waals surface area (Å²) in [5.41, 5.74) is 1.74. The summed E-state index contributed by atoms with van der Waals surface area (Å²) < 4.78 is 10.7. The topological polar surface area (TPSA) is 110 Å². The first kappa shape index (κ1) is 25.5. The number of aromatic nitrogens is 3. The van der Waals surface area contributed by atoms with Crippen LogP contribution in [-0.2, 0) is 4.79 Å². The van der Waals surface area contributed by atoms with Gasteiger partial charge in [-0.15, -0.1) is 0 Å². The van der Waals surface area contributed by atoms with Crippen molar-refractivity contribution in [2.75, 3.05) is 24.9 Å². The number of rotatable bonds is 9. The third-order valence-electron chi connectivity index (χ3n) is 5.93. The highest BCUT2D eigenvalue weighted by Crippen LogP contribution is 2.45. The molecule has 9 nitrogen and oxygen atoms in total. The van der Waals surface area contributed by atoms with Crippen molar-refractivity contribution >= 4 is 46.4 Å². The van der Waals surface area contributed by atoms with Crippen LogP contribution in [0, 0.1) is 0 Å². The molecule has 1 saturated carbocycles. The lowest BCUT2D eigenvalue weighted by Crippen LogP contribution is -2.42. The smallest absolute Gasteiger partial charge is 0.243 e. The maximum atomic E-state index is 11.8. The van der Waals surface area contributed by atoms with Crippen molar-refractivity contribution in [2.45, 2.75) is 31.3 Å². The number of hydrogen-bond donors (Lipinski definition) is 3. The molecule has 1 aliphatic carbocycles. The summed E-state index contributed by atoms with van der Waals surface area (Å²) in [6, 6.07) is 7.18. The van der Waals surface area contributed by atoms with Gasteiger partial charge in [-0.05, 0) is 37.5 Å². The number of nitrogens with zero attached hydrogens (tertiary/aromatic N) is 3. The Balaban J connectivity index is 1.63. The molecule has 2 heterocycles. The quantitative estimate of drug-likeness (QED) is 0.323. The van der Waals surface area contributed by atoms with E-state index in [-0.39, 0.29) is 18.0 Å². The second-order valence-electron chi connectivity index (χ2n) is 8.10. The minimum absolute atomic E-state index is 0.00291. The molecule has 11 heteroatoms. The molecule has 188 valence electrons. The van der Waals surface area contributed by atoms with Crippen LogP contribution in [0.5, 0.6) is 11.5 Å². The lowest BCUT2D eigenvalue weighted by molar-refractivity contribution is -0.117. The van der Waals surface area contributed by atoms with Gasteiger partial charge in [0.15, 0.2) is 0 Å². The summed E-state index contributed by atoms with van der Waals surface area (Å²) in [4.78, 5) is 25.1. The first-order valence-electron chi connectivity index (χ1n) is 11.3. The van der Waals surface area contributed by atoms with Crippen LogP contribution < -0.4 is 25.4 Å². The van der Waals surface area contributed by atoms with Crippen LogP contribution in [0.3, 0.4) is 0 Å². The largest absolute Gasteiger partial charge is 0.495 e. The lowest BCUT2D eigenvalue weighted by Gasteiger charge is -2.22. The number of hydrogen-bond acceptors (Lipinski definition) is 8. The molecule has 1 unspecified atom stereocenters. The highest BCUT2D eigenvalue weighted by molar-refractivity contribution is 6.41. The highest BCUT2D eigenvalue weighted by Gasteiger charge is 2.28. The fourth-order valence-corrected chi connectivity index (χ4v) is 4.74. The molecular formula is C25H26Cl2N6O3. The van der Waals surface area contributed by atoms with Crippen molar-refractivity contribution in [3.05, 3.63) is 59.5 Å². The second-order valence-corrected chi connectivity index (χ2v) is 8.85. The van der Waals surface area contributed by atoms with Gasteiger partial charge < -0.3 is 25.4 Å². The number of pyridine rings is 1. The molecule has 3 aromatic rings. The summed E-state index contributed by atoms with van der Waals surface area (Å²) in [6.45, 7) is 3.53. The Morgan fingerprint density at radius 2 is 1.81 bits per heavy atom. The molecule has 1 aromatic carbocycles. The molecule has 0 spiro atoms. The van der Waals surface area contributed by atoms with Crippen molar-refractivity contribution in [3.8, 4) is 22.8 Å². The van der Waals surface area contributed by atoms with Gasteiger partial charge in [-0.2, -0.15) is 0 Å². The minimum atomic E-state index is -0.186. The van der Waals surface area contributed by atoms with E-state index in [1.165, 1.54) is 26.6 Å². The molecule has 2 atom stereocenters. The van der Waals surface area contributed by atoms with E-state index >= 15 is 0 Å². The molecule has 36 heavy (non-hydrogen) atoms. The fourth-order valence-electron chi connectivity index (χ4n) is 4.15. The molecule has 0 aliphatic heterocycles. The van der Waals surface area contributed by atoms with Crippen LogP contribution in [0.1, 0.15) is 19.3 Å². The molecule has 1 fully saturated rings. The Kier molecular flexibility index (Phi) is 8.12. The second kappa shape index (κ2) is 11.5. The van der Waals surface area contributed by atoms with E-state index in [0.29, 0.717) is 50.1 Å². The van der Waals surface area contributed by atoms with Crippen molar-refractivity contribution in [3.63, 3.8) is 0 Å². The average molecular weight is 529 g/mol.